The van der Waals surface area contributed by atoms with E-state index in [4.69, 9.17) is 9.97 Å². The highest BCUT2D eigenvalue weighted by atomic mass is 15.2. The van der Waals surface area contributed by atoms with Gasteiger partial charge in [-0.05, 0) is 143 Å². The number of fused-ring (bicyclic) bond motifs is 12. The summed E-state index contributed by atoms with van der Waals surface area (Å²) >= 11 is 0. The van der Waals surface area contributed by atoms with Crippen molar-refractivity contribution in [2.75, 3.05) is 0 Å². The molecule has 0 unspecified atom stereocenters. The van der Waals surface area contributed by atoms with Gasteiger partial charge in [-0.1, -0.05) is 170 Å². The van der Waals surface area contributed by atoms with E-state index in [1.165, 1.54) is 43.6 Å². The van der Waals surface area contributed by atoms with E-state index < -0.39 is 0 Å². The molecule has 17 rings (SSSR count). The van der Waals surface area contributed by atoms with Gasteiger partial charge in [0.25, 0.3) is 0 Å². The average Bonchev–Trinajstić information content (AvgIpc) is 2.90. The van der Waals surface area contributed by atoms with Crippen LogP contribution in [0.4, 0.5) is 0 Å². The Morgan fingerprint density at radius 3 is 1.07 bits per heavy atom. The number of nitriles is 1. The smallest absolute Gasteiger partial charge is 0.237 e. The molecule has 17 aromatic rings. The lowest BCUT2D eigenvalue weighted by atomic mass is 10.0. The predicted molar refractivity (Wildman–Crippen MR) is 346 cm³/mol. The average molecular weight is 1070 g/mol. The van der Waals surface area contributed by atoms with Crippen LogP contribution in [0.15, 0.2) is 285 Å². The highest BCUT2D eigenvalue weighted by Crippen LogP contribution is 2.42. The number of hydrogen-bond donors (Lipinski definition) is 0. The Labute approximate surface area is 482 Å². The van der Waals surface area contributed by atoms with Crippen molar-refractivity contribution in [2.45, 2.75) is 0 Å². The molecule has 0 bridgehead atoms. The zero-order chi connectivity index (χ0) is 55.4. The molecule has 12 aromatic carbocycles. The summed E-state index contributed by atoms with van der Waals surface area (Å²) in [6.45, 7) is 0. The Bertz CT molecular complexity index is 5270. The normalized spacial score (nSPS) is 11.8. The van der Waals surface area contributed by atoms with Gasteiger partial charge in [0.15, 0.2) is 0 Å². The maximum absolute atomic E-state index is 9.74. The van der Waals surface area contributed by atoms with E-state index in [2.05, 4.69) is 285 Å². The molecule has 0 saturated heterocycles. The maximum Gasteiger partial charge on any atom is 0.237 e. The lowest BCUT2D eigenvalue weighted by molar-refractivity contribution is 0.952. The lowest BCUT2D eigenvalue weighted by Gasteiger charge is -2.14. The molecule has 84 heavy (non-hydrogen) atoms. The summed E-state index contributed by atoms with van der Waals surface area (Å²) in [6.07, 6.45) is 0. The Hall–Kier alpha value is -11.6. The minimum absolute atomic E-state index is 0.563. The third-order valence-corrected chi connectivity index (χ3v) is 17.0. The van der Waals surface area contributed by atoms with Gasteiger partial charge in [0.1, 0.15) is 5.82 Å². The molecule has 0 fully saturated rings. The first-order valence-corrected chi connectivity index (χ1v) is 28.4. The van der Waals surface area contributed by atoms with Gasteiger partial charge in [-0.25, -0.2) is 4.98 Å². The fourth-order valence-corrected chi connectivity index (χ4v) is 13.2. The van der Waals surface area contributed by atoms with E-state index in [-0.39, 0.29) is 0 Å². The van der Waals surface area contributed by atoms with Crippen LogP contribution in [0.5, 0.6) is 0 Å². The van der Waals surface area contributed by atoms with Gasteiger partial charge in [-0.3, -0.25) is 9.13 Å². The molecule has 0 atom stereocenters. The summed E-state index contributed by atoms with van der Waals surface area (Å²) < 4.78 is 9.26. The van der Waals surface area contributed by atoms with Gasteiger partial charge in [0.05, 0.1) is 61.5 Å². The SMILES string of the molecule is N#Cc1cccc(-c2ccc(-c3cc(-n4c5ccccc5c5cc(-c6ccc7c(c6)c6ccccc6n7-c6ccccc6)ccc54)nc(-n4c5ccccc5c5cc(-c6ccc7c(c6)c6ccccc6n7-c6ccccc6)ccc54)n3)cc2)c1. The van der Waals surface area contributed by atoms with Crippen molar-refractivity contribution in [2.24, 2.45) is 0 Å². The zero-order valence-corrected chi connectivity index (χ0v) is 45.3. The van der Waals surface area contributed by atoms with Crippen molar-refractivity contribution in [1.29, 1.82) is 5.26 Å². The van der Waals surface area contributed by atoms with E-state index in [9.17, 15) is 5.26 Å². The predicted octanol–water partition coefficient (Wildman–Crippen LogP) is 19.4. The summed E-state index contributed by atoms with van der Waals surface area (Å²) in [6, 6.07) is 104. The second-order valence-electron chi connectivity index (χ2n) is 21.7. The Morgan fingerprint density at radius 1 is 0.250 bits per heavy atom. The van der Waals surface area contributed by atoms with Crippen LogP contribution in [0.25, 0.3) is 155 Å². The van der Waals surface area contributed by atoms with Gasteiger partial charge >= 0.3 is 0 Å². The summed E-state index contributed by atoms with van der Waals surface area (Å²) in [5.74, 6) is 1.31. The number of nitrogens with zero attached hydrogens (tertiary/aromatic N) is 7. The molecule has 0 aliphatic heterocycles. The van der Waals surface area contributed by atoms with E-state index >= 15 is 0 Å². The maximum atomic E-state index is 9.74. The Morgan fingerprint density at radius 2 is 0.607 bits per heavy atom. The molecule has 5 aromatic heterocycles. The molecule has 0 aliphatic carbocycles. The number of rotatable bonds is 8. The minimum atomic E-state index is 0.563. The van der Waals surface area contributed by atoms with Gasteiger partial charge in [0.2, 0.25) is 5.95 Å². The topological polar surface area (TPSA) is 69.3 Å². The van der Waals surface area contributed by atoms with Crippen LogP contribution in [0.1, 0.15) is 5.56 Å². The van der Waals surface area contributed by atoms with Crippen LogP contribution < -0.4 is 0 Å². The van der Waals surface area contributed by atoms with Crippen molar-refractivity contribution in [3.8, 4) is 73.8 Å². The van der Waals surface area contributed by atoms with E-state index in [1.807, 2.05) is 24.3 Å². The fraction of sp³-hybridized carbons (Fsp3) is 0. The largest absolute Gasteiger partial charge is 0.309 e. The minimum Gasteiger partial charge on any atom is -0.309 e. The van der Waals surface area contributed by atoms with Crippen LogP contribution in [0.2, 0.25) is 0 Å². The van der Waals surface area contributed by atoms with Crippen LogP contribution >= 0.6 is 0 Å². The Kier molecular flexibility index (Phi) is 10.5. The summed E-state index contributed by atoms with van der Waals surface area (Å²) in [5, 5.41) is 19.1. The van der Waals surface area contributed by atoms with E-state index in [0.29, 0.717) is 11.5 Å². The second-order valence-corrected chi connectivity index (χ2v) is 21.7. The standard InChI is InChI=1S/C77H47N7/c78-48-49-16-15-17-52(42-49)50-30-32-51(33-31-50)67-47-76(83-70-28-13-9-24-61(70)65-45-55(36-40-74(65)83)53-34-38-72-63(43-53)59-22-7-11-26-68(59)81(72)57-18-3-1-4-19-57)80-77(79-67)84-71-29-14-10-25-62(71)66-46-56(37-41-75(66)84)54-35-39-73-64(44-54)60-23-8-12-27-69(60)82(73)58-20-5-2-6-21-58/h1-47H. The lowest BCUT2D eigenvalue weighted by Crippen LogP contribution is -2.07. The highest BCUT2D eigenvalue weighted by molar-refractivity contribution is 6.15. The molecule has 7 nitrogen and oxygen atoms in total. The van der Waals surface area contributed by atoms with Crippen LogP contribution in [0, 0.1) is 11.3 Å². The van der Waals surface area contributed by atoms with Crippen LogP contribution in [-0.2, 0) is 0 Å². The molecule has 390 valence electrons. The van der Waals surface area contributed by atoms with E-state index in [0.717, 1.165) is 105 Å². The van der Waals surface area contributed by atoms with Crippen molar-refractivity contribution < 1.29 is 0 Å². The Balaban J connectivity index is 0.840. The number of para-hydroxylation sites is 6. The molecule has 0 radical (unpaired) electrons. The van der Waals surface area contributed by atoms with Crippen LogP contribution in [-0.4, -0.2) is 28.2 Å². The highest BCUT2D eigenvalue weighted by Gasteiger charge is 2.22. The molecule has 0 saturated carbocycles. The van der Waals surface area contributed by atoms with Gasteiger partial charge in [-0.15, -0.1) is 0 Å². The van der Waals surface area contributed by atoms with Crippen molar-refractivity contribution in [1.82, 2.24) is 28.2 Å². The van der Waals surface area contributed by atoms with E-state index in [1.54, 1.807) is 0 Å². The molecular formula is C77H47N7. The second kappa shape index (κ2) is 18.7. The summed E-state index contributed by atoms with van der Waals surface area (Å²) in [4.78, 5) is 11.2. The quantitative estimate of drug-likeness (QED) is 0.152. The zero-order valence-electron chi connectivity index (χ0n) is 45.3. The first kappa shape index (κ1) is 47.2. The summed E-state index contributed by atoms with van der Waals surface area (Å²) in [5.41, 5.74) is 20.0. The van der Waals surface area contributed by atoms with Crippen molar-refractivity contribution >= 4 is 87.2 Å². The van der Waals surface area contributed by atoms with Gasteiger partial charge in [0, 0.05) is 66.1 Å². The van der Waals surface area contributed by atoms with Crippen molar-refractivity contribution in [3.63, 3.8) is 0 Å². The molecule has 7 heteroatoms. The molecule has 0 N–H and O–H groups in total. The number of benzene rings is 12. The van der Waals surface area contributed by atoms with Crippen LogP contribution in [0.3, 0.4) is 0 Å². The molecule has 0 spiro atoms. The van der Waals surface area contributed by atoms with Gasteiger partial charge in [-0.2, -0.15) is 10.2 Å². The number of aromatic nitrogens is 6. The molecule has 5 heterocycles. The third kappa shape index (κ3) is 7.38. The first-order valence-electron chi connectivity index (χ1n) is 28.4. The fourth-order valence-electron chi connectivity index (χ4n) is 13.2. The molecule has 0 aliphatic rings. The molecular weight excluding hydrogens is 1020 g/mol. The molecule has 0 amide bonds. The summed E-state index contributed by atoms with van der Waals surface area (Å²) in [7, 11) is 0. The number of hydrogen-bond acceptors (Lipinski definition) is 3. The monoisotopic (exact) mass is 1070 g/mol. The third-order valence-electron chi connectivity index (χ3n) is 17.0. The van der Waals surface area contributed by atoms with Gasteiger partial charge < -0.3 is 9.13 Å². The first-order chi connectivity index (χ1) is 41.6. The van der Waals surface area contributed by atoms with Crippen molar-refractivity contribution in [3.05, 3.63) is 291 Å².